The molecule has 9 nitrogen and oxygen atoms in total. The van der Waals surface area contributed by atoms with Gasteiger partial charge in [0.1, 0.15) is 31.1 Å². The third kappa shape index (κ3) is 14.6. The van der Waals surface area contributed by atoms with Crippen molar-refractivity contribution < 1.29 is 42.1 Å². The van der Waals surface area contributed by atoms with E-state index >= 15 is 0 Å². The number of Topliss-reactive ketones (excluding diaryl/α,β-unsaturated/α-hetero) is 2. The molecule has 208 valence electrons. The van der Waals surface area contributed by atoms with Crippen LogP contribution < -0.4 is 0 Å². The molecule has 0 aromatic heterocycles. The highest BCUT2D eigenvalue weighted by atomic mass is 31.2. The van der Waals surface area contributed by atoms with Crippen LogP contribution in [-0.4, -0.2) is 83.3 Å². The predicted octanol–water partition coefficient (Wildman–Crippen LogP) is 4.98. The summed E-state index contributed by atoms with van der Waals surface area (Å²) in [6, 6.07) is 0. The molecule has 0 aliphatic heterocycles. The summed E-state index contributed by atoms with van der Waals surface area (Å²) in [7, 11) is -1.18. The molecule has 10 heteroatoms. The van der Waals surface area contributed by atoms with Crippen molar-refractivity contribution in [1.82, 2.24) is 0 Å². The summed E-state index contributed by atoms with van der Waals surface area (Å²) in [6.07, 6.45) is 2.90. The maximum atomic E-state index is 13.4. The highest BCUT2D eigenvalue weighted by Crippen LogP contribution is 2.46. The highest BCUT2D eigenvalue weighted by molar-refractivity contribution is 7.54. The first-order valence-corrected chi connectivity index (χ1v) is 14.7. The van der Waals surface area contributed by atoms with Gasteiger partial charge in [0, 0.05) is 40.6 Å². The van der Waals surface area contributed by atoms with Gasteiger partial charge in [-0.1, -0.05) is 53.4 Å². The second-order valence-electron chi connectivity index (χ2n) is 8.45. The van der Waals surface area contributed by atoms with Gasteiger partial charge in [-0.3, -0.25) is 14.2 Å². The average molecular weight is 525 g/mol. The molecule has 0 bridgehead atoms. The summed E-state index contributed by atoms with van der Waals surface area (Å²) < 4.78 is 46.3. The first-order chi connectivity index (χ1) is 16.8. The maximum Gasteiger partial charge on any atom is 0.337 e. The van der Waals surface area contributed by atoms with Crippen LogP contribution in [0.3, 0.4) is 0 Å². The van der Waals surface area contributed by atoms with Crippen molar-refractivity contribution in [3.05, 3.63) is 0 Å². The van der Waals surface area contributed by atoms with Gasteiger partial charge < -0.3 is 28.0 Å². The maximum absolute atomic E-state index is 13.4. The zero-order valence-electron chi connectivity index (χ0n) is 22.8. The molecule has 0 unspecified atom stereocenters. The molecular weight excluding hydrogens is 475 g/mol. The predicted molar refractivity (Wildman–Crippen MR) is 136 cm³/mol. The second-order valence-corrected chi connectivity index (χ2v) is 10.7. The number of rotatable bonds is 25. The number of carbonyl (C=O) groups is 2. The summed E-state index contributed by atoms with van der Waals surface area (Å²) in [5.74, 6) is -0.823. The van der Waals surface area contributed by atoms with E-state index in [1.165, 1.54) is 14.2 Å². The Balaban J connectivity index is 6.03. The van der Waals surface area contributed by atoms with Crippen LogP contribution in [0.2, 0.25) is 0 Å². The van der Waals surface area contributed by atoms with Crippen LogP contribution in [0.4, 0.5) is 0 Å². The lowest BCUT2D eigenvalue weighted by atomic mass is 10.0. The molecule has 0 aliphatic carbocycles. The summed E-state index contributed by atoms with van der Waals surface area (Å²) in [5, 5.41) is 0. The van der Waals surface area contributed by atoms with E-state index in [1.54, 1.807) is 0 Å². The third-order valence-electron chi connectivity index (χ3n) is 5.42. The van der Waals surface area contributed by atoms with Gasteiger partial charge >= 0.3 is 7.60 Å². The van der Waals surface area contributed by atoms with Gasteiger partial charge in [-0.25, -0.2) is 0 Å². The largest absolute Gasteiger partial charge is 0.374 e. The molecule has 0 amide bonds. The van der Waals surface area contributed by atoms with Crippen LogP contribution in [0.5, 0.6) is 0 Å². The average Bonchev–Trinajstić information content (AvgIpc) is 2.85. The zero-order chi connectivity index (χ0) is 26.5. The lowest BCUT2D eigenvalue weighted by Crippen LogP contribution is -2.52. The Morgan fingerprint density at radius 3 is 1.54 bits per heavy atom. The molecule has 35 heavy (non-hydrogen) atoms. The standard InChI is InChI=1S/C25H49O9P/c1-7-11-15-31-19-21(26)23(32-16-12-8-2)25(34-18-14-10-4)24(33-17-13-9-3)22(27)20-35(28,29-5)30-6/h23-25H,7-20H2,1-6H3/t23-,24+,25+/m1/s1. The molecule has 0 aromatic carbocycles. The Bertz CT molecular complexity index is 591. The Hall–Kier alpha value is -0.670. The molecule has 0 rings (SSSR count). The van der Waals surface area contributed by atoms with E-state index in [9.17, 15) is 14.2 Å². The topological polar surface area (TPSA) is 107 Å². The van der Waals surface area contributed by atoms with Crippen molar-refractivity contribution in [3.8, 4) is 0 Å². The van der Waals surface area contributed by atoms with Crippen LogP contribution in [0.25, 0.3) is 0 Å². The smallest absolute Gasteiger partial charge is 0.337 e. The van der Waals surface area contributed by atoms with E-state index in [0.717, 1.165) is 44.9 Å². The molecule has 0 fully saturated rings. The fraction of sp³-hybridized carbons (Fsp3) is 0.920. The Morgan fingerprint density at radius 2 is 1.09 bits per heavy atom. The molecule has 0 N–H and O–H groups in total. The van der Waals surface area contributed by atoms with E-state index in [4.69, 9.17) is 28.0 Å². The Labute approximate surface area is 212 Å². The van der Waals surface area contributed by atoms with Crippen LogP contribution in [0.15, 0.2) is 0 Å². The minimum Gasteiger partial charge on any atom is -0.374 e. The van der Waals surface area contributed by atoms with Crippen molar-refractivity contribution >= 4 is 19.2 Å². The number of hydrogen-bond acceptors (Lipinski definition) is 9. The summed E-state index contributed by atoms with van der Waals surface area (Å²) >= 11 is 0. The van der Waals surface area contributed by atoms with E-state index in [2.05, 4.69) is 0 Å². The van der Waals surface area contributed by atoms with E-state index < -0.39 is 37.9 Å². The summed E-state index contributed by atoms with van der Waals surface area (Å²) in [5.41, 5.74) is 0. The first-order valence-electron chi connectivity index (χ1n) is 13.0. The van der Waals surface area contributed by atoms with Crippen LogP contribution in [0.1, 0.15) is 79.1 Å². The van der Waals surface area contributed by atoms with Crippen molar-refractivity contribution in [2.45, 2.75) is 97.4 Å². The zero-order valence-corrected chi connectivity index (χ0v) is 23.6. The van der Waals surface area contributed by atoms with Gasteiger partial charge in [0.15, 0.2) is 11.6 Å². The molecule has 0 spiro atoms. The van der Waals surface area contributed by atoms with Gasteiger partial charge in [-0.05, 0) is 25.7 Å². The van der Waals surface area contributed by atoms with Gasteiger partial charge in [-0.15, -0.1) is 0 Å². The normalized spacial score (nSPS) is 14.6. The number of ketones is 2. The van der Waals surface area contributed by atoms with E-state index in [1.807, 2.05) is 27.7 Å². The van der Waals surface area contributed by atoms with Gasteiger partial charge in [-0.2, -0.15) is 0 Å². The number of carbonyl (C=O) groups excluding carboxylic acids is 2. The van der Waals surface area contributed by atoms with Gasteiger partial charge in [0.25, 0.3) is 0 Å². The lowest BCUT2D eigenvalue weighted by Gasteiger charge is -2.32. The number of ether oxygens (including phenoxy) is 4. The highest BCUT2D eigenvalue weighted by Gasteiger charge is 2.42. The fourth-order valence-electron chi connectivity index (χ4n) is 3.13. The Kier molecular flexibility index (Phi) is 21.0. The molecule has 3 atom stereocenters. The SMILES string of the molecule is CCCCOCC(=O)[C@@H](OCCCC)[C@H](OCCCC)[C@@H](OCCCC)C(=O)CP(=O)(OC)OC. The minimum atomic E-state index is -3.64. The molecule has 0 radical (unpaired) electrons. The molecule has 0 saturated heterocycles. The van der Waals surface area contributed by atoms with Crippen LogP contribution in [0, 0.1) is 0 Å². The lowest BCUT2D eigenvalue weighted by molar-refractivity contribution is -0.169. The Morgan fingerprint density at radius 1 is 0.657 bits per heavy atom. The molecular formula is C25H49O9P. The molecule has 0 aromatic rings. The van der Waals surface area contributed by atoms with Gasteiger partial charge in [0.05, 0.1) is 0 Å². The summed E-state index contributed by atoms with van der Waals surface area (Å²) in [6.45, 7) is 9.36. The number of unbranched alkanes of at least 4 members (excludes halogenated alkanes) is 4. The molecule has 0 saturated carbocycles. The van der Waals surface area contributed by atoms with Crippen molar-refractivity contribution in [2.75, 3.05) is 53.4 Å². The second kappa shape index (κ2) is 21.4. The summed E-state index contributed by atoms with van der Waals surface area (Å²) in [4.78, 5) is 26.6. The van der Waals surface area contributed by atoms with Crippen LogP contribution >= 0.6 is 7.60 Å². The first kappa shape index (κ1) is 34.3. The van der Waals surface area contributed by atoms with Crippen molar-refractivity contribution in [3.63, 3.8) is 0 Å². The number of hydrogen-bond donors (Lipinski definition) is 0. The van der Waals surface area contributed by atoms with Crippen LogP contribution in [-0.2, 0) is 42.1 Å². The van der Waals surface area contributed by atoms with Gasteiger partial charge in [0.2, 0.25) is 0 Å². The van der Waals surface area contributed by atoms with Crippen molar-refractivity contribution in [2.24, 2.45) is 0 Å². The van der Waals surface area contributed by atoms with Crippen molar-refractivity contribution in [1.29, 1.82) is 0 Å². The quantitative estimate of drug-likeness (QED) is 0.121. The van der Waals surface area contributed by atoms with E-state index in [-0.39, 0.29) is 19.0 Å². The minimum absolute atomic E-state index is 0.144. The monoisotopic (exact) mass is 524 g/mol. The third-order valence-corrected chi connectivity index (χ3v) is 7.23. The van der Waals surface area contributed by atoms with E-state index in [0.29, 0.717) is 26.2 Å². The molecule has 0 heterocycles. The fourth-order valence-corrected chi connectivity index (χ4v) is 4.10. The molecule has 0 aliphatic rings.